The van der Waals surface area contributed by atoms with E-state index in [9.17, 15) is 9.59 Å². The van der Waals surface area contributed by atoms with E-state index in [2.05, 4.69) is 10.2 Å². The Morgan fingerprint density at radius 3 is 2.41 bits per heavy atom. The van der Waals surface area contributed by atoms with Gasteiger partial charge in [-0.3, -0.25) is 0 Å². The highest BCUT2D eigenvalue weighted by molar-refractivity contribution is 5.97. The van der Waals surface area contributed by atoms with Crippen LogP contribution >= 0.6 is 0 Å². The normalized spacial score (nSPS) is 10.6. The zero-order valence-electron chi connectivity index (χ0n) is 11.6. The van der Waals surface area contributed by atoms with Crippen molar-refractivity contribution in [2.75, 3.05) is 7.11 Å². The van der Waals surface area contributed by atoms with Crippen LogP contribution in [0.2, 0.25) is 0 Å². The van der Waals surface area contributed by atoms with E-state index in [0.29, 0.717) is 11.4 Å². The highest BCUT2D eigenvalue weighted by Crippen LogP contribution is 2.25. The van der Waals surface area contributed by atoms with Gasteiger partial charge in [-0.1, -0.05) is 6.07 Å². The van der Waals surface area contributed by atoms with Crippen molar-refractivity contribution in [1.82, 2.24) is 0 Å². The van der Waals surface area contributed by atoms with Gasteiger partial charge in [-0.25, -0.2) is 9.59 Å². The lowest BCUT2D eigenvalue weighted by Gasteiger charge is -2.02. The van der Waals surface area contributed by atoms with E-state index in [4.69, 9.17) is 14.9 Å². The average molecular weight is 300 g/mol. The zero-order valence-corrected chi connectivity index (χ0v) is 11.6. The van der Waals surface area contributed by atoms with E-state index in [1.165, 1.54) is 19.2 Å². The van der Waals surface area contributed by atoms with Crippen LogP contribution in [0.1, 0.15) is 20.7 Å². The smallest absolute Gasteiger partial charge is 0.337 e. The molecule has 0 saturated heterocycles. The fourth-order valence-electron chi connectivity index (χ4n) is 1.71. The number of azo groups is 1. The van der Waals surface area contributed by atoms with Crippen LogP contribution in [0.4, 0.5) is 11.4 Å². The molecule has 2 rings (SSSR count). The summed E-state index contributed by atoms with van der Waals surface area (Å²) in [5, 5.41) is 25.8. The van der Waals surface area contributed by atoms with Gasteiger partial charge in [0.25, 0.3) is 0 Å². The summed E-state index contributed by atoms with van der Waals surface area (Å²) >= 11 is 0. The first kappa shape index (κ1) is 15.2. The summed E-state index contributed by atoms with van der Waals surface area (Å²) in [6.07, 6.45) is 0. The third-order valence-corrected chi connectivity index (χ3v) is 2.80. The topological polar surface area (TPSA) is 109 Å². The molecule has 2 aromatic carbocycles. The molecular weight excluding hydrogens is 288 g/mol. The van der Waals surface area contributed by atoms with E-state index in [0.717, 1.165) is 6.07 Å². The van der Waals surface area contributed by atoms with E-state index < -0.39 is 11.9 Å². The van der Waals surface area contributed by atoms with Crippen LogP contribution in [0.3, 0.4) is 0 Å². The van der Waals surface area contributed by atoms with Crippen molar-refractivity contribution in [1.29, 1.82) is 0 Å². The molecule has 0 amide bonds. The Bertz CT molecular complexity index is 755. The minimum atomic E-state index is -1.28. The van der Waals surface area contributed by atoms with Crippen molar-refractivity contribution < 1.29 is 24.5 Å². The number of aromatic carboxylic acids is 2. The molecular formula is C15H12N2O5. The molecule has 0 aliphatic heterocycles. The number of carboxylic acid groups (broad SMARTS) is 2. The molecule has 0 fully saturated rings. The number of hydrogen-bond donors (Lipinski definition) is 2. The highest BCUT2D eigenvalue weighted by Gasteiger charge is 2.13. The third-order valence-electron chi connectivity index (χ3n) is 2.80. The van der Waals surface area contributed by atoms with Crippen molar-refractivity contribution in [2.45, 2.75) is 0 Å². The van der Waals surface area contributed by atoms with Gasteiger partial charge >= 0.3 is 11.9 Å². The molecule has 7 heteroatoms. The van der Waals surface area contributed by atoms with Crippen LogP contribution in [0.5, 0.6) is 5.75 Å². The maximum Gasteiger partial charge on any atom is 0.337 e. The summed E-state index contributed by atoms with van der Waals surface area (Å²) in [6, 6.07) is 10.4. The summed E-state index contributed by atoms with van der Waals surface area (Å²) in [6.45, 7) is 0. The van der Waals surface area contributed by atoms with Gasteiger partial charge in [0.2, 0.25) is 0 Å². The van der Waals surface area contributed by atoms with Crippen LogP contribution in [0.25, 0.3) is 0 Å². The number of hydrogen-bond acceptors (Lipinski definition) is 5. The number of nitrogens with zero attached hydrogens (tertiary/aromatic N) is 2. The molecule has 0 unspecified atom stereocenters. The zero-order chi connectivity index (χ0) is 16.1. The minimum Gasteiger partial charge on any atom is -0.497 e. The first-order valence-electron chi connectivity index (χ1n) is 6.17. The van der Waals surface area contributed by atoms with Crippen LogP contribution in [0, 0.1) is 0 Å². The predicted molar refractivity (Wildman–Crippen MR) is 77.5 cm³/mol. The molecule has 0 bridgehead atoms. The maximum absolute atomic E-state index is 11.2. The molecule has 0 spiro atoms. The molecule has 2 N–H and O–H groups in total. The maximum atomic E-state index is 11.2. The first-order valence-corrected chi connectivity index (χ1v) is 6.17. The van der Waals surface area contributed by atoms with Crippen molar-refractivity contribution in [3.05, 3.63) is 53.6 Å². The highest BCUT2D eigenvalue weighted by atomic mass is 16.5. The lowest BCUT2D eigenvalue weighted by atomic mass is 10.1. The summed E-state index contributed by atoms with van der Waals surface area (Å²) in [5.41, 5.74) is 0.197. The molecule has 0 atom stereocenters. The largest absolute Gasteiger partial charge is 0.497 e. The fourth-order valence-corrected chi connectivity index (χ4v) is 1.71. The van der Waals surface area contributed by atoms with Crippen LogP contribution in [0.15, 0.2) is 52.7 Å². The second kappa shape index (κ2) is 6.49. The Morgan fingerprint density at radius 1 is 1.00 bits per heavy atom. The second-order valence-corrected chi connectivity index (χ2v) is 4.24. The van der Waals surface area contributed by atoms with Gasteiger partial charge in [0, 0.05) is 6.07 Å². The molecule has 2 aromatic rings. The Balaban J connectivity index is 2.37. The molecule has 0 radical (unpaired) electrons. The Morgan fingerprint density at radius 2 is 1.77 bits per heavy atom. The van der Waals surface area contributed by atoms with Crippen LogP contribution in [-0.2, 0) is 0 Å². The minimum absolute atomic E-state index is 0.0697. The van der Waals surface area contributed by atoms with E-state index in [1.54, 1.807) is 24.3 Å². The number of rotatable bonds is 5. The molecule has 22 heavy (non-hydrogen) atoms. The lowest BCUT2D eigenvalue weighted by Crippen LogP contribution is -2.02. The van der Waals surface area contributed by atoms with Crippen molar-refractivity contribution in [3.63, 3.8) is 0 Å². The Kier molecular flexibility index (Phi) is 4.47. The third kappa shape index (κ3) is 3.45. The fraction of sp³-hybridized carbons (Fsp3) is 0.0667. The van der Waals surface area contributed by atoms with Crippen molar-refractivity contribution in [2.24, 2.45) is 10.2 Å². The van der Waals surface area contributed by atoms with Gasteiger partial charge in [-0.2, -0.15) is 5.11 Å². The van der Waals surface area contributed by atoms with Gasteiger partial charge in [0.05, 0.1) is 23.9 Å². The van der Waals surface area contributed by atoms with Gasteiger partial charge in [0.15, 0.2) is 0 Å². The molecule has 0 saturated carbocycles. The van der Waals surface area contributed by atoms with E-state index in [-0.39, 0.29) is 16.8 Å². The number of benzene rings is 2. The quantitative estimate of drug-likeness (QED) is 0.821. The standard InChI is InChI=1S/C15H12N2O5/c1-22-11-4-2-3-10(8-11)16-17-13-6-5-9(14(18)19)7-12(13)15(20)21/h2-8H,1H3,(H,18,19)(H,20,21). The molecule has 7 nitrogen and oxygen atoms in total. The van der Waals surface area contributed by atoms with Gasteiger partial charge in [-0.05, 0) is 30.3 Å². The number of ether oxygens (including phenoxy) is 1. The molecule has 0 heterocycles. The van der Waals surface area contributed by atoms with Gasteiger partial charge in [-0.15, -0.1) is 5.11 Å². The van der Waals surface area contributed by atoms with Crippen molar-refractivity contribution in [3.8, 4) is 5.75 Å². The van der Waals surface area contributed by atoms with Crippen LogP contribution < -0.4 is 4.74 Å². The molecule has 0 aliphatic rings. The molecule has 0 aliphatic carbocycles. The summed E-state index contributed by atoms with van der Waals surface area (Å²) in [5.74, 6) is -1.89. The number of methoxy groups -OCH3 is 1. The second-order valence-electron chi connectivity index (χ2n) is 4.24. The van der Waals surface area contributed by atoms with E-state index in [1.807, 2.05) is 0 Å². The lowest BCUT2D eigenvalue weighted by molar-refractivity contribution is 0.0696. The first-order chi connectivity index (χ1) is 10.5. The Labute approximate surface area is 125 Å². The average Bonchev–Trinajstić information content (AvgIpc) is 2.52. The Hall–Kier alpha value is -3.22. The summed E-state index contributed by atoms with van der Waals surface area (Å²) in [4.78, 5) is 22.1. The van der Waals surface area contributed by atoms with Gasteiger partial charge in [0.1, 0.15) is 11.4 Å². The van der Waals surface area contributed by atoms with Crippen molar-refractivity contribution >= 4 is 23.3 Å². The van der Waals surface area contributed by atoms with Crippen LogP contribution in [-0.4, -0.2) is 29.3 Å². The number of carboxylic acids is 2. The van der Waals surface area contributed by atoms with E-state index >= 15 is 0 Å². The predicted octanol–water partition coefficient (Wildman–Crippen LogP) is 3.51. The van der Waals surface area contributed by atoms with Gasteiger partial charge < -0.3 is 14.9 Å². The summed E-state index contributed by atoms with van der Waals surface area (Å²) in [7, 11) is 1.52. The number of carbonyl (C=O) groups is 2. The summed E-state index contributed by atoms with van der Waals surface area (Å²) < 4.78 is 5.05. The molecule has 0 aromatic heterocycles. The monoisotopic (exact) mass is 300 g/mol. The molecule has 112 valence electrons. The SMILES string of the molecule is COc1cccc(N=Nc2ccc(C(=O)O)cc2C(=O)O)c1.